The van der Waals surface area contributed by atoms with Gasteiger partial charge < -0.3 is 9.47 Å². The van der Waals surface area contributed by atoms with Crippen molar-refractivity contribution < 1.29 is 4.79 Å². The molecule has 25 heavy (non-hydrogen) atoms. The molecule has 1 unspecified atom stereocenters. The number of aromatic nitrogens is 4. The predicted octanol–water partition coefficient (Wildman–Crippen LogP) is 3.11. The Hall–Kier alpha value is -2.73. The summed E-state index contributed by atoms with van der Waals surface area (Å²) < 4.78 is 2.08. The number of carbonyl (C=O) groups is 1. The largest absolute Gasteiger partial charge is 0.337 e. The lowest BCUT2D eigenvalue weighted by Gasteiger charge is -2.18. The number of likely N-dealkylation sites (tertiary alicyclic amines) is 1. The molecule has 1 fully saturated rings. The number of benzene rings is 1. The van der Waals surface area contributed by atoms with Crippen LogP contribution in [0, 0.1) is 0 Å². The fraction of sp³-hybridized carbons (Fsp3) is 0.222. The van der Waals surface area contributed by atoms with Crippen LogP contribution in [0.1, 0.15) is 12.5 Å². The molecule has 1 aromatic carbocycles. The molecule has 1 aliphatic heterocycles. The van der Waals surface area contributed by atoms with E-state index < -0.39 is 0 Å². The maximum atomic E-state index is 11.9. The summed E-state index contributed by atoms with van der Waals surface area (Å²) in [6, 6.07) is 7.68. The molecule has 0 N–H and O–H groups in total. The molecule has 0 radical (unpaired) electrons. The van der Waals surface area contributed by atoms with Crippen LogP contribution in [0.4, 0.5) is 0 Å². The third-order valence-electron chi connectivity index (χ3n) is 4.48. The molecule has 126 valence electrons. The fourth-order valence-corrected chi connectivity index (χ4v) is 3.53. The smallest absolute Gasteiger partial charge is 0.246 e. The van der Waals surface area contributed by atoms with Crippen molar-refractivity contribution in [2.75, 3.05) is 13.1 Å². The summed E-state index contributed by atoms with van der Waals surface area (Å²) in [5, 5.41) is 0.629. The van der Waals surface area contributed by atoms with Gasteiger partial charge in [-0.2, -0.15) is 0 Å². The maximum Gasteiger partial charge on any atom is 0.246 e. The molecule has 1 saturated heterocycles. The summed E-state index contributed by atoms with van der Waals surface area (Å²) in [5.74, 6) is 0.694. The maximum absolute atomic E-state index is 11.9. The minimum Gasteiger partial charge on any atom is -0.337 e. The molecule has 3 heterocycles. The molecule has 3 aromatic rings. The zero-order valence-electron chi connectivity index (χ0n) is 13.5. The highest BCUT2D eigenvalue weighted by Gasteiger charge is 2.30. The molecule has 4 rings (SSSR count). The molecule has 7 heteroatoms. The van der Waals surface area contributed by atoms with Crippen molar-refractivity contribution in [3.8, 4) is 11.4 Å². The van der Waals surface area contributed by atoms with Crippen LogP contribution in [-0.4, -0.2) is 43.4 Å². The van der Waals surface area contributed by atoms with E-state index in [9.17, 15) is 4.79 Å². The van der Waals surface area contributed by atoms with Gasteiger partial charge in [-0.25, -0.2) is 15.0 Å². The monoisotopic (exact) mass is 353 g/mol. The van der Waals surface area contributed by atoms with Gasteiger partial charge in [-0.1, -0.05) is 30.3 Å². The van der Waals surface area contributed by atoms with Crippen LogP contribution in [0.15, 0.2) is 49.4 Å². The number of imidazole rings is 1. The number of carbonyl (C=O) groups excluding carboxylic acids is 1. The van der Waals surface area contributed by atoms with E-state index in [4.69, 9.17) is 16.6 Å². The first kappa shape index (κ1) is 15.8. The third kappa shape index (κ3) is 2.68. The Balaban J connectivity index is 1.85. The van der Waals surface area contributed by atoms with Gasteiger partial charge in [-0.05, 0) is 24.6 Å². The molecule has 2 aromatic heterocycles. The fourth-order valence-electron chi connectivity index (χ4n) is 3.31. The third-order valence-corrected chi connectivity index (χ3v) is 4.81. The van der Waals surface area contributed by atoms with Crippen molar-refractivity contribution in [3.05, 3.63) is 54.5 Å². The Morgan fingerprint density at radius 1 is 1.36 bits per heavy atom. The molecule has 0 saturated carbocycles. The SMILES string of the molecule is C=CC(=O)N1CCC(n2c(-c3ccccc3Cl)nc3cncnc32)C1. The topological polar surface area (TPSA) is 63.9 Å². The first-order chi connectivity index (χ1) is 12.2. The summed E-state index contributed by atoms with van der Waals surface area (Å²) in [6.45, 7) is 4.85. The highest BCUT2D eigenvalue weighted by Crippen LogP contribution is 2.34. The molecule has 1 amide bonds. The zero-order valence-corrected chi connectivity index (χ0v) is 14.2. The van der Waals surface area contributed by atoms with Crippen molar-refractivity contribution in [3.63, 3.8) is 0 Å². The highest BCUT2D eigenvalue weighted by atomic mass is 35.5. The van der Waals surface area contributed by atoms with Gasteiger partial charge in [0.05, 0.1) is 17.3 Å². The van der Waals surface area contributed by atoms with Crippen LogP contribution < -0.4 is 0 Å². The average Bonchev–Trinajstić information content (AvgIpc) is 3.25. The number of rotatable bonds is 3. The second kappa shape index (κ2) is 6.29. The van der Waals surface area contributed by atoms with Gasteiger partial charge in [-0.3, -0.25) is 4.79 Å². The average molecular weight is 354 g/mol. The number of halogens is 1. The number of fused-ring (bicyclic) bond motifs is 1. The molecule has 0 spiro atoms. The summed E-state index contributed by atoms with van der Waals surface area (Å²) in [7, 11) is 0. The predicted molar refractivity (Wildman–Crippen MR) is 96.2 cm³/mol. The lowest BCUT2D eigenvalue weighted by molar-refractivity contribution is -0.125. The second-order valence-electron chi connectivity index (χ2n) is 5.95. The number of nitrogens with zero attached hydrogens (tertiary/aromatic N) is 5. The number of amides is 1. The highest BCUT2D eigenvalue weighted by molar-refractivity contribution is 6.33. The van der Waals surface area contributed by atoms with Crippen molar-refractivity contribution >= 4 is 28.7 Å². The van der Waals surface area contributed by atoms with Crippen molar-refractivity contribution in [2.45, 2.75) is 12.5 Å². The summed E-state index contributed by atoms with van der Waals surface area (Å²) in [5.41, 5.74) is 2.31. The van der Waals surface area contributed by atoms with Crippen molar-refractivity contribution in [1.29, 1.82) is 0 Å². The standard InChI is InChI=1S/C18H16ClN5O/c1-2-16(25)23-8-7-12(10-23)24-17(13-5-3-4-6-14(13)19)22-15-9-20-11-21-18(15)24/h2-6,9,11-12H,1,7-8,10H2. The van der Waals surface area contributed by atoms with Gasteiger partial charge in [0, 0.05) is 18.7 Å². The number of hydrogen-bond donors (Lipinski definition) is 0. The van der Waals surface area contributed by atoms with E-state index in [1.807, 2.05) is 24.3 Å². The van der Waals surface area contributed by atoms with E-state index in [0.29, 0.717) is 23.6 Å². The van der Waals surface area contributed by atoms with Crippen molar-refractivity contribution in [1.82, 2.24) is 24.4 Å². The molecule has 1 aliphatic rings. The van der Waals surface area contributed by atoms with Crippen LogP contribution in [0.2, 0.25) is 5.02 Å². The van der Waals surface area contributed by atoms with Crippen LogP contribution in [0.25, 0.3) is 22.6 Å². The molecular weight excluding hydrogens is 338 g/mol. The first-order valence-electron chi connectivity index (χ1n) is 8.03. The van der Waals surface area contributed by atoms with Gasteiger partial charge in [0.2, 0.25) is 5.91 Å². The van der Waals surface area contributed by atoms with E-state index in [-0.39, 0.29) is 11.9 Å². The molecule has 0 aliphatic carbocycles. The Kier molecular flexibility index (Phi) is 3.97. The van der Waals surface area contributed by atoms with Crippen LogP contribution in [-0.2, 0) is 4.79 Å². The van der Waals surface area contributed by atoms with E-state index >= 15 is 0 Å². The zero-order chi connectivity index (χ0) is 17.4. The van der Waals surface area contributed by atoms with Crippen LogP contribution >= 0.6 is 11.6 Å². The van der Waals surface area contributed by atoms with E-state index in [2.05, 4.69) is 21.1 Å². The normalized spacial score (nSPS) is 17.2. The van der Waals surface area contributed by atoms with Gasteiger partial charge >= 0.3 is 0 Å². The summed E-state index contributed by atoms with van der Waals surface area (Å²) >= 11 is 6.40. The Labute approximate surface area is 149 Å². The lowest BCUT2D eigenvalue weighted by atomic mass is 10.2. The van der Waals surface area contributed by atoms with Crippen LogP contribution in [0.3, 0.4) is 0 Å². The number of hydrogen-bond acceptors (Lipinski definition) is 4. The first-order valence-corrected chi connectivity index (χ1v) is 8.41. The van der Waals surface area contributed by atoms with Crippen molar-refractivity contribution in [2.24, 2.45) is 0 Å². The minimum atomic E-state index is -0.0548. The van der Waals surface area contributed by atoms with Gasteiger partial charge in [0.1, 0.15) is 17.7 Å². The van der Waals surface area contributed by atoms with Gasteiger partial charge in [-0.15, -0.1) is 0 Å². The molecule has 0 bridgehead atoms. The molecule has 1 atom stereocenters. The van der Waals surface area contributed by atoms with Gasteiger partial charge in [0.25, 0.3) is 0 Å². The summed E-state index contributed by atoms with van der Waals surface area (Å²) in [4.78, 5) is 26.9. The molecule has 6 nitrogen and oxygen atoms in total. The minimum absolute atomic E-state index is 0.0548. The van der Waals surface area contributed by atoms with E-state index in [0.717, 1.165) is 23.5 Å². The molecular formula is C18H16ClN5O. The van der Waals surface area contributed by atoms with E-state index in [1.165, 1.54) is 12.4 Å². The Morgan fingerprint density at radius 2 is 2.20 bits per heavy atom. The van der Waals surface area contributed by atoms with Crippen LogP contribution in [0.5, 0.6) is 0 Å². The Bertz CT molecular complexity index is 967. The summed E-state index contributed by atoms with van der Waals surface area (Å²) in [6.07, 6.45) is 5.39. The quantitative estimate of drug-likeness (QED) is 0.679. The Morgan fingerprint density at radius 3 is 3.00 bits per heavy atom. The van der Waals surface area contributed by atoms with E-state index in [1.54, 1.807) is 11.1 Å². The van der Waals surface area contributed by atoms with Gasteiger partial charge in [0.15, 0.2) is 5.65 Å². The lowest BCUT2D eigenvalue weighted by Crippen LogP contribution is -2.27. The second-order valence-corrected chi connectivity index (χ2v) is 6.35.